The highest BCUT2D eigenvalue weighted by atomic mass is 16.5. The monoisotopic (exact) mass is 349 g/mol. The summed E-state index contributed by atoms with van der Waals surface area (Å²) in [7, 11) is 3.28. The molecule has 0 bridgehead atoms. The standard InChI is InChI=1S/C22H23NO3/c1-16(17-9-14-21(24-2)22(15-17)25-3)23-18-10-12-20(13-11-18)26-19-7-5-4-6-8-19/h4-16,23H,1-3H3. The maximum atomic E-state index is 5.82. The molecule has 0 amide bonds. The number of rotatable bonds is 7. The molecule has 4 nitrogen and oxygen atoms in total. The van der Waals surface area contributed by atoms with Gasteiger partial charge in [0, 0.05) is 11.7 Å². The molecule has 0 saturated heterocycles. The zero-order chi connectivity index (χ0) is 18.4. The largest absolute Gasteiger partial charge is 0.493 e. The van der Waals surface area contributed by atoms with Gasteiger partial charge in [-0.1, -0.05) is 24.3 Å². The molecule has 134 valence electrons. The normalized spacial score (nSPS) is 11.5. The maximum absolute atomic E-state index is 5.82. The number of hydrogen-bond donors (Lipinski definition) is 1. The van der Waals surface area contributed by atoms with Crippen molar-refractivity contribution in [3.05, 3.63) is 78.4 Å². The third-order valence-corrected chi connectivity index (χ3v) is 4.12. The molecular formula is C22H23NO3. The van der Waals surface area contributed by atoms with Crippen LogP contribution in [0.3, 0.4) is 0 Å². The molecule has 0 aliphatic heterocycles. The summed E-state index contributed by atoms with van der Waals surface area (Å²) in [5.74, 6) is 3.09. The first kappa shape index (κ1) is 17.7. The van der Waals surface area contributed by atoms with Gasteiger partial charge < -0.3 is 19.5 Å². The zero-order valence-corrected chi connectivity index (χ0v) is 15.2. The van der Waals surface area contributed by atoms with Crippen LogP contribution in [0.5, 0.6) is 23.0 Å². The van der Waals surface area contributed by atoms with Crippen LogP contribution in [0.4, 0.5) is 5.69 Å². The molecule has 0 aromatic heterocycles. The summed E-state index contributed by atoms with van der Waals surface area (Å²) in [6.07, 6.45) is 0. The smallest absolute Gasteiger partial charge is 0.161 e. The van der Waals surface area contributed by atoms with Gasteiger partial charge in [0.1, 0.15) is 11.5 Å². The van der Waals surface area contributed by atoms with Crippen LogP contribution in [0.2, 0.25) is 0 Å². The van der Waals surface area contributed by atoms with Crippen LogP contribution < -0.4 is 19.5 Å². The predicted octanol–water partition coefficient (Wildman–Crippen LogP) is 5.67. The lowest BCUT2D eigenvalue weighted by Gasteiger charge is -2.18. The average molecular weight is 349 g/mol. The van der Waals surface area contributed by atoms with E-state index >= 15 is 0 Å². The van der Waals surface area contributed by atoms with Crippen molar-refractivity contribution in [1.29, 1.82) is 0 Å². The third kappa shape index (κ3) is 4.28. The summed E-state index contributed by atoms with van der Waals surface area (Å²) < 4.78 is 16.5. The summed E-state index contributed by atoms with van der Waals surface area (Å²) in [5.41, 5.74) is 2.14. The highest BCUT2D eigenvalue weighted by Crippen LogP contribution is 2.31. The Morgan fingerprint density at radius 3 is 2.04 bits per heavy atom. The summed E-state index contributed by atoms with van der Waals surface area (Å²) >= 11 is 0. The molecule has 0 spiro atoms. The lowest BCUT2D eigenvalue weighted by Crippen LogP contribution is -2.07. The van der Waals surface area contributed by atoms with Gasteiger partial charge in [0.05, 0.1) is 14.2 Å². The van der Waals surface area contributed by atoms with Crippen LogP contribution in [0.15, 0.2) is 72.8 Å². The van der Waals surface area contributed by atoms with Gasteiger partial charge in [-0.05, 0) is 61.0 Å². The Morgan fingerprint density at radius 2 is 1.38 bits per heavy atom. The highest BCUT2D eigenvalue weighted by Gasteiger charge is 2.10. The fourth-order valence-electron chi connectivity index (χ4n) is 2.70. The van der Waals surface area contributed by atoms with Crippen LogP contribution in [0, 0.1) is 0 Å². The molecule has 3 aromatic carbocycles. The summed E-state index contributed by atoms with van der Waals surface area (Å²) in [6.45, 7) is 2.11. The molecule has 4 heteroatoms. The second kappa shape index (κ2) is 8.30. The molecule has 0 heterocycles. The van der Waals surface area contributed by atoms with Crippen LogP contribution in [0.25, 0.3) is 0 Å². The van der Waals surface area contributed by atoms with Crippen molar-refractivity contribution >= 4 is 5.69 Å². The van der Waals surface area contributed by atoms with Crippen molar-refractivity contribution in [2.24, 2.45) is 0 Å². The fraction of sp³-hybridized carbons (Fsp3) is 0.182. The van der Waals surface area contributed by atoms with Crippen LogP contribution >= 0.6 is 0 Å². The second-order valence-corrected chi connectivity index (χ2v) is 5.92. The number of methoxy groups -OCH3 is 2. The Balaban J connectivity index is 1.67. The Kier molecular flexibility index (Phi) is 5.64. The van der Waals surface area contributed by atoms with E-state index in [-0.39, 0.29) is 6.04 Å². The van der Waals surface area contributed by atoms with Crippen molar-refractivity contribution in [3.63, 3.8) is 0 Å². The lowest BCUT2D eigenvalue weighted by atomic mass is 10.1. The van der Waals surface area contributed by atoms with Crippen molar-refractivity contribution in [3.8, 4) is 23.0 Å². The second-order valence-electron chi connectivity index (χ2n) is 5.92. The van der Waals surface area contributed by atoms with E-state index in [4.69, 9.17) is 14.2 Å². The molecule has 0 saturated carbocycles. The molecule has 0 fully saturated rings. The van der Waals surface area contributed by atoms with E-state index in [2.05, 4.69) is 12.2 Å². The Bertz CT molecular complexity index is 832. The van der Waals surface area contributed by atoms with Crippen LogP contribution in [-0.2, 0) is 0 Å². The Hall–Kier alpha value is -3.14. The number of hydrogen-bond acceptors (Lipinski definition) is 4. The van der Waals surface area contributed by atoms with Crippen molar-refractivity contribution in [2.75, 3.05) is 19.5 Å². The maximum Gasteiger partial charge on any atom is 0.161 e. The number of benzene rings is 3. The number of ether oxygens (including phenoxy) is 3. The predicted molar refractivity (Wildman–Crippen MR) is 105 cm³/mol. The topological polar surface area (TPSA) is 39.7 Å². The van der Waals surface area contributed by atoms with E-state index in [1.54, 1.807) is 14.2 Å². The Labute approximate surface area is 154 Å². The van der Waals surface area contributed by atoms with Gasteiger partial charge in [-0.3, -0.25) is 0 Å². The fourth-order valence-corrected chi connectivity index (χ4v) is 2.70. The van der Waals surface area contributed by atoms with Gasteiger partial charge in [-0.25, -0.2) is 0 Å². The van der Waals surface area contributed by atoms with E-state index in [1.165, 1.54) is 0 Å². The van der Waals surface area contributed by atoms with E-state index in [9.17, 15) is 0 Å². The lowest BCUT2D eigenvalue weighted by molar-refractivity contribution is 0.354. The first-order chi connectivity index (χ1) is 12.7. The summed E-state index contributed by atoms with van der Waals surface area (Å²) in [6, 6.07) is 23.7. The van der Waals surface area contributed by atoms with Crippen molar-refractivity contribution < 1.29 is 14.2 Å². The molecular weight excluding hydrogens is 326 g/mol. The molecule has 3 rings (SSSR count). The van der Waals surface area contributed by atoms with Gasteiger partial charge in [0.15, 0.2) is 11.5 Å². The van der Waals surface area contributed by atoms with Crippen LogP contribution in [0.1, 0.15) is 18.5 Å². The minimum Gasteiger partial charge on any atom is -0.493 e. The molecule has 3 aromatic rings. The van der Waals surface area contributed by atoms with Gasteiger partial charge in [-0.2, -0.15) is 0 Å². The van der Waals surface area contributed by atoms with Gasteiger partial charge >= 0.3 is 0 Å². The van der Waals surface area contributed by atoms with Gasteiger partial charge in [-0.15, -0.1) is 0 Å². The quantitative estimate of drug-likeness (QED) is 0.596. The molecule has 0 aliphatic carbocycles. The zero-order valence-electron chi connectivity index (χ0n) is 15.2. The summed E-state index contributed by atoms with van der Waals surface area (Å²) in [5, 5.41) is 3.49. The minimum absolute atomic E-state index is 0.121. The highest BCUT2D eigenvalue weighted by molar-refractivity contribution is 5.50. The van der Waals surface area contributed by atoms with Gasteiger partial charge in [0.2, 0.25) is 0 Å². The molecule has 1 unspecified atom stereocenters. The van der Waals surface area contributed by atoms with E-state index < -0.39 is 0 Å². The van der Waals surface area contributed by atoms with Crippen LogP contribution in [-0.4, -0.2) is 14.2 Å². The van der Waals surface area contributed by atoms with Crippen molar-refractivity contribution in [1.82, 2.24) is 0 Å². The summed E-state index contributed by atoms with van der Waals surface area (Å²) in [4.78, 5) is 0. The SMILES string of the molecule is COc1ccc(C(C)Nc2ccc(Oc3ccccc3)cc2)cc1OC. The van der Waals surface area contributed by atoms with E-state index in [0.29, 0.717) is 0 Å². The molecule has 0 aliphatic rings. The number of anilines is 1. The average Bonchev–Trinajstić information content (AvgIpc) is 2.69. The molecule has 0 radical (unpaired) electrons. The Morgan fingerprint density at radius 1 is 0.731 bits per heavy atom. The number of para-hydroxylation sites is 1. The van der Waals surface area contributed by atoms with E-state index in [0.717, 1.165) is 34.2 Å². The first-order valence-corrected chi connectivity index (χ1v) is 8.51. The van der Waals surface area contributed by atoms with E-state index in [1.807, 2.05) is 72.8 Å². The molecule has 1 atom stereocenters. The molecule has 26 heavy (non-hydrogen) atoms. The minimum atomic E-state index is 0.121. The molecule has 1 N–H and O–H groups in total. The first-order valence-electron chi connectivity index (χ1n) is 8.51. The van der Waals surface area contributed by atoms with Gasteiger partial charge in [0.25, 0.3) is 0 Å². The third-order valence-electron chi connectivity index (χ3n) is 4.12. The number of nitrogens with one attached hydrogen (secondary N) is 1. The van der Waals surface area contributed by atoms with Crippen molar-refractivity contribution in [2.45, 2.75) is 13.0 Å².